The highest BCUT2D eigenvalue weighted by Crippen LogP contribution is 2.23. The lowest BCUT2D eigenvalue weighted by atomic mass is 10.0. The number of rotatable bonds is 11. The van der Waals surface area contributed by atoms with Gasteiger partial charge >= 0.3 is 6.03 Å². The number of urea groups is 1. The minimum absolute atomic E-state index is 0.0869. The van der Waals surface area contributed by atoms with Gasteiger partial charge in [0.1, 0.15) is 0 Å². The third-order valence-electron chi connectivity index (χ3n) is 6.39. The summed E-state index contributed by atoms with van der Waals surface area (Å²) in [6, 6.07) is 26.4. The molecular formula is C31H34BrN3O. The van der Waals surface area contributed by atoms with Crippen LogP contribution in [0.15, 0.2) is 95.1 Å². The van der Waals surface area contributed by atoms with Crippen LogP contribution in [0.25, 0.3) is 17.0 Å². The summed E-state index contributed by atoms with van der Waals surface area (Å²) >= 11 is 3.56. The minimum Gasteiger partial charge on any atom is -0.361 e. The summed E-state index contributed by atoms with van der Waals surface area (Å²) in [7, 11) is 0. The lowest BCUT2D eigenvalue weighted by Crippen LogP contribution is -2.38. The van der Waals surface area contributed by atoms with Gasteiger partial charge in [-0.2, -0.15) is 0 Å². The number of unbranched alkanes of at least 4 members (excludes halogenated alkanes) is 2. The van der Waals surface area contributed by atoms with Gasteiger partial charge in [-0.3, -0.25) is 0 Å². The average molecular weight is 545 g/mol. The number of para-hydroxylation sites is 2. The van der Waals surface area contributed by atoms with Crippen LogP contribution >= 0.6 is 15.9 Å². The molecule has 2 amide bonds. The van der Waals surface area contributed by atoms with Gasteiger partial charge < -0.3 is 15.2 Å². The molecule has 0 radical (unpaired) electrons. The molecule has 0 unspecified atom stereocenters. The van der Waals surface area contributed by atoms with E-state index in [1.807, 2.05) is 41.3 Å². The summed E-state index contributed by atoms with van der Waals surface area (Å²) in [6.07, 6.45) is 9.56. The molecule has 36 heavy (non-hydrogen) atoms. The van der Waals surface area contributed by atoms with Crippen LogP contribution in [0.1, 0.15) is 43.7 Å². The van der Waals surface area contributed by atoms with Crippen LogP contribution in [-0.2, 0) is 6.42 Å². The minimum atomic E-state index is -0.0869. The maximum Gasteiger partial charge on any atom is 0.322 e. The molecule has 1 heterocycles. The van der Waals surface area contributed by atoms with Crippen molar-refractivity contribution in [2.75, 3.05) is 18.4 Å². The molecule has 3 aromatic carbocycles. The molecule has 1 aromatic heterocycles. The van der Waals surface area contributed by atoms with Crippen LogP contribution in [0.4, 0.5) is 10.5 Å². The standard InChI is InChI=1S/C31H34BrN3O/c1-2-3-5-14-25(21-24-12-6-4-7-13-24)23-35(31(36)34-30-18-11-9-16-28(30)32)20-19-26-22-33-29-17-10-8-15-27(26)29/h4,6-13,15-18,21-22,33H,2-3,5,14,19-20,23H2,1H3,(H,34,36). The number of hydrogen-bond acceptors (Lipinski definition) is 1. The first-order valence-corrected chi connectivity index (χ1v) is 13.5. The molecule has 0 atom stereocenters. The Bertz CT molecular complexity index is 1300. The van der Waals surface area contributed by atoms with Gasteiger partial charge in [-0.25, -0.2) is 4.79 Å². The van der Waals surface area contributed by atoms with Gasteiger partial charge in [0.25, 0.3) is 0 Å². The Labute approximate surface area is 222 Å². The first-order chi connectivity index (χ1) is 17.6. The number of anilines is 1. The quantitative estimate of drug-likeness (QED) is 0.182. The van der Waals surface area contributed by atoms with Gasteiger partial charge in [0.15, 0.2) is 0 Å². The average Bonchev–Trinajstić information content (AvgIpc) is 3.31. The fraction of sp³-hybridized carbons (Fsp3) is 0.258. The fourth-order valence-corrected chi connectivity index (χ4v) is 4.82. The van der Waals surface area contributed by atoms with E-state index in [1.165, 1.54) is 34.9 Å². The van der Waals surface area contributed by atoms with Crippen molar-refractivity contribution >= 4 is 44.6 Å². The van der Waals surface area contributed by atoms with Gasteiger partial charge in [0.2, 0.25) is 0 Å². The molecule has 186 valence electrons. The summed E-state index contributed by atoms with van der Waals surface area (Å²) in [5, 5.41) is 4.33. The second-order valence-corrected chi connectivity index (χ2v) is 9.97. The van der Waals surface area contributed by atoms with E-state index in [2.05, 4.69) is 87.9 Å². The lowest BCUT2D eigenvalue weighted by molar-refractivity contribution is 0.216. The molecule has 4 nitrogen and oxygen atoms in total. The first-order valence-electron chi connectivity index (χ1n) is 12.7. The Morgan fingerprint density at radius 3 is 2.53 bits per heavy atom. The fourth-order valence-electron chi connectivity index (χ4n) is 4.43. The number of carbonyl (C=O) groups excluding carboxylic acids is 1. The molecule has 0 spiro atoms. The molecule has 5 heteroatoms. The van der Waals surface area contributed by atoms with Crippen molar-refractivity contribution in [1.29, 1.82) is 0 Å². The monoisotopic (exact) mass is 543 g/mol. The number of halogens is 1. The summed E-state index contributed by atoms with van der Waals surface area (Å²) in [5.74, 6) is 0. The number of hydrogen-bond donors (Lipinski definition) is 2. The van der Waals surface area contributed by atoms with Crippen molar-refractivity contribution in [2.24, 2.45) is 0 Å². The number of aromatic nitrogens is 1. The van der Waals surface area contributed by atoms with E-state index in [1.54, 1.807) is 0 Å². The van der Waals surface area contributed by atoms with Gasteiger partial charge in [0, 0.05) is 34.7 Å². The topological polar surface area (TPSA) is 48.1 Å². The van der Waals surface area contributed by atoms with E-state index in [0.717, 1.165) is 34.9 Å². The normalized spacial score (nSPS) is 11.6. The van der Waals surface area contributed by atoms with Crippen LogP contribution in [-0.4, -0.2) is 29.0 Å². The zero-order valence-corrected chi connectivity index (χ0v) is 22.4. The van der Waals surface area contributed by atoms with Crippen LogP contribution in [0.2, 0.25) is 0 Å². The first kappa shape index (κ1) is 25.8. The molecular weight excluding hydrogens is 510 g/mol. The van der Waals surface area contributed by atoms with Gasteiger partial charge in [-0.1, -0.05) is 92.1 Å². The van der Waals surface area contributed by atoms with Gasteiger partial charge in [0.05, 0.1) is 5.69 Å². The highest BCUT2D eigenvalue weighted by molar-refractivity contribution is 9.10. The number of benzene rings is 3. The number of nitrogens with zero attached hydrogens (tertiary/aromatic N) is 1. The van der Waals surface area contributed by atoms with Crippen molar-refractivity contribution in [1.82, 2.24) is 9.88 Å². The second-order valence-electron chi connectivity index (χ2n) is 9.11. The molecule has 0 fully saturated rings. The highest BCUT2D eigenvalue weighted by atomic mass is 79.9. The molecule has 0 aliphatic rings. The number of H-pyrrole nitrogens is 1. The lowest BCUT2D eigenvalue weighted by Gasteiger charge is -2.25. The maximum atomic E-state index is 13.6. The van der Waals surface area contributed by atoms with Crippen LogP contribution in [0.5, 0.6) is 0 Å². The third kappa shape index (κ3) is 7.11. The zero-order chi connectivity index (χ0) is 25.2. The molecule has 4 rings (SSSR count). The number of fused-ring (bicyclic) bond motifs is 1. The third-order valence-corrected chi connectivity index (χ3v) is 7.09. The van der Waals surface area contributed by atoms with Crippen molar-refractivity contribution in [3.8, 4) is 0 Å². The van der Waals surface area contributed by atoms with Gasteiger partial charge in [-0.05, 0) is 64.5 Å². The van der Waals surface area contributed by atoms with Crippen molar-refractivity contribution < 1.29 is 4.79 Å². The number of aromatic amines is 1. The number of nitrogens with one attached hydrogen (secondary N) is 2. The van der Waals surface area contributed by atoms with E-state index in [4.69, 9.17) is 0 Å². The number of amides is 2. The summed E-state index contributed by atoms with van der Waals surface area (Å²) in [6.45, 7) is 3.44. The Morgan fingerprint density at radius 2 is 1.72 bits per heavy atom. The predicted octanol–water partition coefficient (Wildman–Crippen LogP) is 8.67. The van der Waals surface area contributed by atoms with Crippen molar-refractivity contribution in [3.63, 3.8) is 0 Å². The smallest absolute Gasteiger partial charge is 0.322 e. The largest absolute Gasteiger partial charge is 0.361 e. The molecule has 2 N–H and O–H groups in total. The van der Waals surface area contributed by atoms with Crippen LogP contribution < -0.4 is 5.32 Å². The van der Waals surface area contributed by atoms with Crippen molar-refractivity contribution in [2.45, 2.75) is 39.0 Å². The Balaban J connectivity index is 1.57. The van der Waals surface area contributed by atoms with E-state index in [0.29, 0.717) is 13.1 Å². The Hall–Kier alpha value is -3.31. The van der Waals surface area contributed by atoms with Crippen LogP contribution in [0, 0.1) is 0 Å². The molecule has 0 bridgehead atoms. The molecule has 0 aliphatic heterocycles. The Kier molecular flexibility index (Phi) is 9.40. The summed E-state index contributed by atoms with van der Waals surface area (Å²) in [4.78, 5) is 18.9. The van der Waals surface area contributed by atoms with E-state index in [9.17, 15) is 4.79 Å². The van der Waals surface area contributed by atoms with E-state index in [-0.39, 0.29) is 6.03 Å². The Morgan fingerprint density at radius 1 is 0.972 bits per heavy atom. The molecule has 0 saturated heterocycles. The summed E-state index contributed by atoms with van der Waals surface area (Å²) in [5.41, 5.74) is 5.58. The molecule has 0 aliphatic carbocycles. The van der Waals surface area contributed by atoms with E-state index < -0.39 is 0 Å². The SMILES string of the molecule is CCCCCC(=Cc1ccccc1)CN(CCc1c[nH]c2ccccc12)C(=O)Nc1ccccc1Br. The van der Waals surface area contributed by atoms with Crippen LogP contribution in [0.3, 0.4) is 0 Å². The molecule has 0 saturated carbocycles. The predicted molar refractivity (Wildman–Crippen MR) is 155 cm³/mol. The van der Waals surface area contributed by atoms with Crippen molar-refractivity contribution in [3.05, 3.63) is 106 Å². The highest BCUT2D eigenvalue weighted by Gasteiger charge is 2.17. The summed E-state index contributed by atoms with van der Waals surface area (Å²) < 4.78 is 0.873. The zero-order valence-electron chi connectivity index (χ0n) is 20.8. The number of carbonyl (C=O) groups is 1. The maximum absolute atomic E-state index is 13.6. The van der Waals surface area contributed by atoms with E-state index >= 15 is 0 Å². The second kappa shape index (κ2) is 13.1. The van der Waals surface area contributed by atoms with Gasteiger partial charge in [-0.15, -0.1) is 0 Å². The molecule has 4 aromatic rings.